The Bertz CT molecular complexity index is 653. The minimum atomic E-state index is -0.0778. The van der Waals surface area contributed by atoms with Crippen LogP contribution in [0.1, 0.15) is 55.6 Å². The van der Waals surface area contributed by atoms with Crippen LogP contribution in [-0.4, -0.2) is 28.6 Å². The van der Waals surface area contributed by atoms with Crippen molar-refractivity contribution in [1.29, 1.82) is 0 Å². The summed E-state index contributed by atoms with van der Waals surface area (Å²) in [6.45, 7) is 6.25. The van der Waals surface area contributed by atoms with Crippen LogP contribution in [0.5, 0.6) is 0 Å². The molecule has 0 bridgehead atoms. The first-order chi connectivity index (χ1) is 10.5. The summed E-state index contributed by atoms with van der Waals surface area (Å²) in [5.74, 6) is 0.189. The van der Waals surface area contributed by atoms with Crippen LogP contribution in [0, 0.1) is 0 Å². The Labute approximate surface area is 131 Å². The normalized spacial score (nSPS) is 12.6. The summed E-state index contributed by atoms with van der Waals surface area (Å²) in [6, 6.07) is 9.65. The lowest BCUT2D eigenvalue weighted by molar-refractivity contribution is 0.0938. The molecule has 4 heteroatoms. The first-order valence-electron chi connectivity index (χ1n) is 7.84. The Morgan fingerprint density at radius 3 is 2.68 bits per heavy atom. The summed E-state index contributed by atoms with van der Waals surface area (Å²) in [5.41, 5.74) is 2.44. The number of carbonyl (C=O) groups excluding carboxylic acids is 1. The van der Waals surface area contributed by atoms with Gasteiger partial charge in [0.2, 0.25) is 0 Å². The molecule has 0 fully saturated rings. The molecule has 0 spiro atoms. The highest BCUT2D eigenvalue weighted by Crippen LogP contribution is 2.22. The average molecular weight is 300 g/mol. The van der Waals surface area contributed by atoms with Crippen molar-refractivity contribution in [2.45, 2.75) is 45.6 Å². The SMILES string of the molecule is CC(CCCO)NC(=O)c1cc(C(C)C)nc2ccccc12. The van der Waals surface area contributed by atoms with E-state index >= 15 is 0 Å². The van der Waals surface area contributed by atoms with Gasteiger partial charge in [0.25, 0.3) is 5.91 Å². The van der Waals surface area contributed by atoms with Crippen molar-refractivity contribution in [2.75, 3.05) is 6.61 Å². The van der Waals surface area contributed by atoms with Crippen molar-refractivity contribution in [3.05, 3.63) is 41.6 Å². The first-order valence-corrected chi connectivity index (χ1v) is 7.84. The fourth-order valence-corrected chi connectivity index (χ4v) is 2.45. The number of carbonyl (C=O) groups is 1. The van der Waals surface area contributed by atoms with E-state index in [1.807, 2.05) is 37.3 Å². The van der Waals surface area contributed by atoms with E-state index in [-0.39, 0.29) is 24.5 Å². The van der Waals surface area contributed by atoms with E-state index in [1.54, 1.807) is 0 Å². The van der Waals surface area contributed by atoms with Gasteiger partial charge in [0.15, 0.2) is 0 Å². The fourth-order valence-electron chi connectivity index (χ4n) is 2.45. The lowest BCUT2D eigenvalue weighted by Crippen LogP contribution is -2.33. The summed E-state index contributed by atoms with van der Waals surface area (Å²) in [6.07, 6.45) is 1.46. The number of hydrogen-bond donors (Lipinski definition) is 2. The molecule has 1 aromatic heterocycles. The number of aromatic nitrogens is 1. The van der Waals surface area contributed by atoms with Crippen LogP contribution in [0.2, 0.25) is 0 Å². The van der Waals surface area contributed by atoms with Crippen LogP contribution in [-0.2, 0) is 0 Å². The number of nitrogens with zero attached hydrogens (tertiary/aromatic N) is 1. The van der Waals surface area contributed by atoms with Gasteiger partial charge in [0, 0.05) is 23.7 Å². The smallest absolute Gasteiger partial charge is 0.252 e. The van der Waals surface area contributed by atoms with Gasteiger partial charge in [-0.2, -0.15) is 0 Å². The van der Waals surface area contributed by atoms with Gasteiger partial charge >= 0.3 is 0 Å². The van der Waals surface area contributed by atoms with E-state index < -0.39 is 0 Å². The zero-order chi connectivity index (χ0) is 16.1. The molecular formula is C18H24N2O2. The van der Waals surface area contributed by atoms with Gasteiger partial charge in [0.05, 0.1) is 11.1 Å². The van der Waals surface area contributed by atoms with Crippen LogP contribution >= 0.6 is 0 Å². The van der Waals surface area contributed by atoms with E-state index in [0.717, 1.165) is 23.0 Å². The number of nitrogens with one attached hydrogen (secondary N) is 1. The number of pyridine rings is 1. The third-order valence-electron chi connectivity index (χ3n) is 3.74. The van der Waals surface area contributed by atoms with E-state index in [1.165, 1.54) is 0 Å². The lowest BCUT2D eigenvalue weighted by atomic mass is 10.0. The molecule has 1 amide bonds. The Hall–Kier alpha value is -1.94. The molecule has 1 heterocycles. The maximum atomic E-state index is 12.6. The Morgan fingerprint density at radius 1 is 1.27 bits per heavy atom. The second-order valence-corrected chi connectivity index (χ2v) is 6.01. The Morgan fingerprint density at radius 2 is 2.00 bits per heavy atom. The number of amides is 1. The molecule has 1 aromatic carbocycles. The van der Waals surface area contributed by atoms with Crippen molar-refractivity contribution < 1.29 is 9.90 Å². The van der Waals surface area contributed by atoms with Crippen LogP contribution < -0.4 is 5.32 Å². The van der Waals surface area contributed by atoms with Crippen LogP contribution in [0.15, 0.2) is 30.3 Å². The third-order valence-corrected chi connectivity index (χ3v) is 3.74. The molecule has 0 saturated heterocycles. The molecular weight excluding hydrogens is 276 g/mol. The van der Waals surface area contributed by atoms with E-state index in [2.05, 4.69) is 24.1 Å². The second kappa shape index (κ2) is 7.36. The van der Waals surface area contributed by atoms with Gasteiger partial charge in [-0.1, -0.05) is 32.0 Å². The highest BCUT2D eigenvalue weighted by atomic mass is 16.3. The minimum Gasteiger partial charge on any atom is -0.396 e. The predicted molar refractivity (Wildman–Crippen MR) is 89.1 cm³/mol. The largest absolute Gasteiger partial charge is 0.396 e. The minimum absolute atomic E-state index is 0.0362. The van der Waals surface area contributed by atoms with Crippen molar-refractivity contribution >= 4 is 16.8 Å². The zero-order valence-electron chi connectivity index (χ0n) is 13.5. The average Bonchev–Trinajstić information content (AvgIpc) is 2.51. The number of hydrogen-bond acceptors (Lipinski definition) is 3. The Kier molecular flexibility index (Phi) is 5.50. The summed E-state index contributed by atoms with van der Waals surface area (Å²) in [5, 5.41) is 12.8. The summed E-state index contributed by atoms with van der Waals surface area (Å²) >= 11 is 0. The van der Waals surface area contributed by atoms with E-state index in [9.17, 15) is 4.79 Å². The molecule has 2 rings (SSSR count). The van der Waals surface area contributed by atoms with Gasteiger partial charge in [-0.15, -0.1) is 0 Å². The second-order valence-electron chi connectivity index (χ2n) is 6.01. The van der Waals surface area contributed by atoms with E-state index in [4.69, 9.17) is 5.11 Å². The molecule has 2 N–H and O–H groups in total. The number of rotatable bonds is 6. The maximum Gasteiger partial charge on any atom is 0.252 e. The van der Waals surface area contributed by atoms with Gasteiger partial charge in [-0.05, 0) is 37.8 Å². The molecule has 1 atom stereocenters. The van der Waals surface area contributed by atoms with Gasteiger partial charge < -0.3 is 10.4 Å². The molecule has 0 radical (unpaired) electrons. The van der Waals surface area contributed by atoms with Crippen LogP contribution in [0.3, 0.4) is 0 Å². The molecule has 0 aliphatic heterocycles. The number of fused-ring (bicyclic) bond motifs is 1. The van der Waals surface area contributed by atoms with E-state index in [0.29, 0.717) is 12.0 Å². The highest BCUT2D eigenvalue weighted by Gasteiger charge is 2.15. The lowest BCUT2D eigenvalue weighted by Gasteiger charge is -2.16. The van der Waals surface area contributed by atoms with Crippen LogP contribution in [0.4, 0.5) is 0 Å². The summed E-state index contributed by atoms with van der Waals surface area (Å²) in [4.78, 5) is 17.2. The number of para-hydroxylation sites is 1. The first kappa shape index (κ1) is 16.4. The maximum absolute atomic E-state index is 12.6. The molecule has 1 unspecified atom stereocenters. The van der Waals surface area contributed by atoms with Gasteiger partial charge in [-0.25, -0.2) is 0 Å². The number of benzene rings is 1. The van der Waals surface area contributed by atoms with Crippen molar-refractivity contribution in [3.8, 4) is 0 Å². The third kappa shape index (κ3) is 3.83. The number of aliphatic hydroxyl groups is 1. The standard InChI is InChI=1S/C18H24N2O2/c1-12(2)17-11-15(14-8-4-5-9-16(14)20-17)18(22)19-13(3)7-6-10-21/h4-5,8-9,11-13,21H,6-7,10H2,1-3H3,(H,19,22). The molecule has 4 nitrogen and oxygen atoms in total. The van der Waals surface area contributed by atoms with Gasteiger partial charge in [0.1, 0.15) is 0 Å². The highest BCUT2D eigenvalue weighted by molar-refractivity contribution is 6.06. The molecule has 0 saturated carbocycles. The van der Waals surface area contributed by atoms with Crippen molar-refractivity contribution in [1.82, 2.24) is 10.3 Å². The Balaban J connectivity index is 2.34. The quantitative estimate of drug-likeness (QED) is 0.861. The topological polar surface area (TPSA) is 62.2 Å². The fraction of sp³-hybridized carbons (Fsp3) is 0.444. The predicted octanol–water partition coefficient (Wildman–Crippen LogP) is 3.25. The summed E-state index contributed by atoms with van der Waals surface area (Å²) in [7, 11) is 0. The molecule has 0 aliphatic carbocycles. The molecule has 22 heavy (non-hydrogen) atoms. The van der Waals surface area contributed by atoms with Gasteiger partial charge in [-0.3, -0.25) is 9.78 Å². The van der Waals surface area contributed by atoms with Crippen molar-refractivity contribution in [2.24, 2.45) is 0 Å². The molecule has 118 valence electrons. The monoisotopic (exact) mass is 300 g/mol. The molecule has 2 aromatic rings. The molecule has 0 aliphatic rings. The number of aliphatic hydroxyl groups excluding tert-OH is 1. The van der Waals surface area contributed by atoms with Crippen LogP contribution in [0.25, 0.3) is 10.9 Å². The van der Waals surface area contributed by atoms with Crippen molar-refractivity contribution in [3.63, 3.8) is 0 Å². The summed E-state index contributed by atoms with van der Waals surface area (Å²) < 4.78 is 0. The zero-order valence-corrected chi connectivity index (χ0v) is 13.5.